The number of hydrogen-bond acceptors (Lipinski definition) is 6. The lowest BCUT2D eigenvalue weighted by atomic mass is 10.0. The number of rotatable bonds is 3. The third kappa shape index (κ3) is 2.93. The normalized spacial score (nSPS) is 16.9. The average molecular weight is 293 g/mol. The van der Waals surface area contributed by atoms with Gasteiger partial charge in [-0.1, -0.05) is 11.8 Å². The second-order valence-electron chi connectivity index (χ2n) is 4.27. The van der Waals surface area contributed by atoms with E-state index >= 15 is 0 Å². The number of amides is 1. The van der Waals surface area contributed by atoms with Crippen molar-refractivity contribution in [3.05, 3.63) is 22.8 Å². The number of phenolic OH excluding ortho intramolecular Hbond substituents is 1. The zero-order valence-corrected chi connectivity index (χ0v) is 12.2. The minimum absolute atomic E-state index is 0.0831. The smallest absolute Gasteiger partial charge is 0.236 e. The van der Waals surface area contributed by atoms with E-state index in [0.29, 0.717) is 27.8 Å². The van der Waals surface area contributed by atoms with Crippen molar-refractivity contribution in [2.45, 2.75) is 13.8 Å². The quantitative estimate of drug-likeness (QED) is 0.654. The first-order valence-electron chi connectivity index (χ1n) is 5.93. The van der Waals surface area contributed by atoms with Gasteiger partial charge in [-0.25, -0.2) is 0 Å². The lowest BCUT2D eigenvalue weighted by molar-refractivity contribution is -0.116. The Kier molecular flexibility index (Phi) is 4.29. The summed E-state index contributed by atoms with van der Waals surface area (Å²) >= 11 is 1.29. The van der Waals surface area contributed by atoms with Gasteiger partial charge in [0.2, 0.25) is 5.91 Å². The minimum Gasteiger partial charge on any atom is -0.507 e. The van der Waals surface area contributed by atoms with E-state index in [2.05, 4.69) is 15.5 Å². The van der Waals surface area contributed by atoms with Crippen molar-refractivity contribution in [2.24, 2.45) is 10.2 Å². The van der Waals surface area contributed by atoms with Crippen LogP contribution < -0.4 is 10.1 Å². The Morgan fingerprint density at radius 2 is 2.25 bits per heavy atom. The number of carbonyl (C=O) groups excluding carboxylic acids is 1. The van der Waals surface area contributed by atoms with Gasteiger partial charge in [0.1, 0.15) is 11.5 Å². The van der Waals surface area contributed by atoms with Crippen molar-refractivity contribution in [1.82, 2.24) is 5.32 Å². The van der Waals surface area contributed by atoms with Crippen LogP contribution in [-0.4, -0.2) is 35.3 Å². The Bertz CT molecular complexity index is 611. The number of ether oxygens (including phenoxy) is 1. The summed E-state index contributed by atoms with van der Waals surface area (Å²) in [6, 6.07) is 1.76. The number of methoxy groups -OCH3 is 1. The summed E-state index contributed by atoms with van der Waals surface area (Å²) in [5.41, 5.74) is 2.04. The number of phenols is 1. The molecule has 0 saturated carbocycles. The van der Waals surface area contributed by atoms with Gasteiger partial charge in [0, 0.05) is 11.1 Å². The molecule has 0 aliphatic carbocycles. The molecule has 20 heavy (non-hydrogen) atoms. The molecule has 1 aliphatic heterocycles. The summed E-state index contributed by atoms with van der Waals surface area (Å²) in [6.45, 7) is 3.62. The number of thioether (sulfide) groups is 1. The molecule has 106 valence electrons. The van der Waals surface area contributed by atoms with Crippen LogP contribution in [0.4, 0.5) is 0 Å². The second kappa shape index (κ2) is 5.96. The number of carbonyl (C=O) groups is 1. The van der Waals surface area contributed by atoms with Crippen molar-refractivity contribution < 1.29 is 14.6 Å². The average Bonchev–Trinajstić information content (AvgIpc) is 2.83. The Morgan fingerprint density at radius 1 is 1.50 bits per heavy atom. The first-order valence-corrected chi connectivity index (χ1v) is 6.92. The van der Waals surface area contributed by atoms with Gasteiger partial charge >= 0.3 is 0 Å². The number of hydrogen-bond donors (Lipinski definition) is 2. The fraction of sp³-hybridized carbons (Fsp3) is 0.308. The molecule has 7 heteroatoms. The summed E-state index contributed by atoms with van der Waals surface area (Å²) in [5, 5.41) is 20.9. The van der Waals surface area contributed by atoms with E-state index in [1.807, 2.05) is 6.92 Å². The molecule has 1 amide bonds. The van der Waals surface area contributed by atoms with Crippen LogP contribution in [0.1, 0.15) is 16.7 Å². The van der Waals surface area contributed by atoms with Gasteiger partial charge in [-0.05, 0) is 25.5 Å². The van der Waals surface area contributed by atoms with E-state index in [1.54, 1.807) is 20.1 Å². The van der Waals surface area contributed by atoms with E-state index in [4.69, 9.17) is 4.74 Å². The summed E-state index contributed by atoms with van der Waals surface area (Å²) in [6.07, 6.45) is 1.46. The molecular weight excluding hydrogens is 278 g/mol. The van der Waals surface area contributed by atoms with Gasteiger partial charge in [0.05, 0.1) is 19.1 Å². The number of nitrogens with zero attached hydrogens (tertiary/aromatic N) is 2. The van der Waals surface area contributed by atoms with Crippen LogP contribution in [0, 0.1) is 13.8 Å². The van der Waals surface area contributed by atoms with Crippen molar-refractivity contribution in [2.75, 3.05) is 12.9 Å². The summed E-state index contributed by atoms with van der Waals surface area (Å²) in [5.74, 6) is 1.10. The van der Waals surface area contributed by atoms with Crippen molar-refractivity contribution in [3.8, 4) is 11.5 Å². The molecule has 1 aromatic rings. The molecule has 1 fully saturated rings. The summed E-state index contributed by atoms with van der Waals surface area (Å²) < 4.78 is 5.25. The highest BCUT2D eigenvalue weighted by Crippen LogP contribution is 2.31. The highest BCUT2D eigenvalue weighted by Gasteiger charge is 2.16. The number of benzene rings is 1. The van der Waals surface area contributed by atoms with E-state index in [1.165, 1.54) is 18.0 Å². The van der Waals surface area contributed by atoms with Crippen LogP contribution in [0.3, 0.4) is 0 Å². The lowest BCUT2D eigenvalue weighted by Gasteiger charge is -2.11. The minimum atomic E-state index is -0.0831. The van der Waals surface area contributed by atoms with Crippen molar-refractivity contribution >= 4 is 29.1 Å². The maximum absolute atomic E-state index is 11.0. The van der Waals surface area contributed by atoms with Crippen LogP contribution in [0.25, 0.3) is 0 Å². The van der Waals surface area contributed by atoms with E-state index in [9.17, 15) is 9.90 Å². The molecule has 0 spiro atoms. The predicted molar refractivity (Wildman–Crippen MR) is 79.8 cm³/mol. The van der Waals surface area contributed by atoms with Crippen LogP contribution in [0.5, 0.6) is 11.5 Å². The molecule has 2 N–H and O–H groups in total. The zero-order chi connectivity index (χ0) is 14.7. The Morgan fingerprint density at radius 3 is 2.85 bits per heavy atom. The standard InChI is InChI=1S/C13H15N3O3S/c1-7-4-10(19-3)8(2)9(12(7)18)5-14-16-13-15-11(17)6-20-13/h4-5,18H,6H2,1-3H3,(H,15,16,17). The number of aryl methyl sites for hydroxylation is 1. The van der Waals surface area contributed by atoms with Gasteiger partial charge in [-0.15, -0.1) is 5.10 Å². The van der Waals surface area contributed by atoms with E-state index < -0.39 is 0 Å². The SMILES string of the molecule is COc1cc(C)c(O)c(C=NN=C2NC(=O)CS2)c1C. The van der Waals surface area contributed by atoms with Gasteiger partial charge in [0.15, 0.2) is 5.17 Å². The van der Waals surface area contributed by atoms with Crippen LogP contribution in [-0.2, 0) is 4.79 Å². The third-order valence-electron chi connectivity index (χ3n) is 2.89. The number of nitrogens with one attached hydrogen (secondary N) is 1. The summed E-state index contributed by atoms with van der Waals surface area (Å²) in [7, 11) is 1.57. The molecule has 0 radical (unpaired) electrons. The molecule has 1 aliphatic rings. The van der Waals surface area contributed by atoms with Crippen LogP contribution in [0.2, 0.25) is 0 Å². The second-order valence-corrected chi connectivity index (χ2v) is 5.23. The summed E-state index contributed by atoms with van der Waals surface area (Å²) in [4.78, 5) is 11.0. The number of amidine groups is 1. The third-order valence-corrected chi connectivity index (χ3v) is 3.76. The molecule has 1 aromatic carbocycles. The maximum atomic E-state index is 11.0. The topological polar surface area (TPSA) is 83.3 Å². The monoisotopic (exact) mass is 293 g/mol. The van der Waals surface area contributed by atoms with E-state index in [-0.39, 0.29) is 11.7 Å². The highest BCUT2D eigenvalue weighted by molar-refractivity contribution is 8.15. The Labute approximate surface area is 120 Å². The number of aromatic hydroxyl groups is 1. The van der Waals surface area contributed by atoms with Gasteiger partial charge in [-0.2, -0.15) is 5.10 Å². The molecule has 2 rings (SSSR count). The molecule has 6 nitrogen and oxygen atoms in total. The fourth-order valence-corrected chi connectivity index (χ4v) is 2.42. The molecule has 0 bridgehead atoms. The van der Waals surface area contributed by atoms with Crippen LogP contribution in [0.15, 0.2) is 16.3 Å². The Hall–Kier alpha value is -2.02. The van der Waals surface area contributed by atoms with Crippen molar-refractivity contribution in [1.29, 1.82) is 0 Å². The molecule has 1 saturated heterocycles. The zero-order valence-electron chi connectivity index (χ0n) is 11.4. The molecule has 0 atom stereocenters. The first kappa shape index (κ1) is 14.4. The maximum Gasteiger partial charge on any atom is 0.236 e. The molecule has 0 unspecified atom stereocenters. The van der Waals surface area contributed by atoms with Gasteiger partial charge in [0.25, 0.3) is 0 Å². The first-order chi connectivity index (χ1) is 9.52. The largest absolute Gasteiger partial charge is 0.507 e. The Balaban J connectivity index is 2.29. The predicted octanol–water partition coefficient (Wildman–Crippen LogP) is 1.57. The van der Waals surface area contributed by atoms with Gasteiger partial charge in [-0.3, -0.25) is 4.79 Å². The van der Waals surface area contributed by atoms with Crippen molar-refractivity contribution in [3.63, 3.8) is 0 Å². The van der Waals surface area contributed by atoms with Crippen LogP contribution >= 0.6 is 11.8 Å². The fourth-order valence-electron chi connectivity index (χ4n) is 1.78. The lowest BCUT2D eigenvalue weighted by Crippen LogP contribution is -2.19. The molecule has 0 aromatic heterocycles. The molecule has 1 heterocycles. The van der Waals surface area contributed by atoms with Gasteiger partial charge < -0.3 is 15.2 Å². The molecular formula is C13H15N3O3S. The highest BCUT2D eigenvalue weighted by atomic mass is 32.2. The van der Waals surface area contributed by atoms with E-state index in [0.717, 1.165) is 5.56 Å².